The number of aromatic nitrogens is 2. The molecule has 0 aliphatic carbocycles. The van der Waals surface area contributed by atoms with Crippen LogP contribution in [0.15, 0.2) is 22.7 Å². The highest BCUT2D eigenvalue weighted by Gasteiger charge is 2.26. The van der Waals surface area contributed by atoms with E-state index in [0.717, 1.165) is 34.4 Å². The van der Waals surface area contributed by atoms with Crippen LogP contribution in [-0.4, -0.2) is 51.9 Å². The van der Waals surface area contributed by atoms with Gasteiger partial charge in [-0.25, -0.2) is 4.98 Å². The fourth-order valence-electron chi connectivity index (χ4n) is 2.51. The average molecular weight is 340 g/mol. The number of aliphatic hydroxyl groups is 1. The molecule has 0 spiro atoms. The van der Waals surface area contributed by atoms with E-state index in [9.17, 15) is 5.11 Å². The van der Waals surface area contributed by atoms with Crippen molar-refractivity contribution in [2.75, 3.05) is 19.8 Å². The number of nitrogens with zero attached hydrogens (tertiary/aromatic N) is 2. The van der Waals surface area contributed by atoms with Gasteiger partial charge in [0.05, 0.1) is 36.9 Å². The van der Waals surface area contributed by atoms with Gasteiger partial charge in [-0.3, -0.25) is 4.90 Å². The Hall–Kier alpha value is -0.950. The molecule has 2 heterocycles. The Balaban J connectivity index is 1.77. The van der Waals surface area contributed by atoms with E-state index >= 15 is 0 Å². The second-order valence-corrected chi connectivity index (χ2v) is 6.18. The number of benzene rings is 1. The molecule has 2 atom stereocenters. The molecule has 5 nitrogen and oxygen atoms in total. The van der Waals surface area contributed by atoms with Crippen LogP contribution in [0.2, 0.25) is 0 Å². The first kappa shape index (κ1) is 14.0. The molecule has 1 aromatic heterocycles. The molecule has 0 bridgehead atoms. The summed E-state index contributed by atoms with van der Waals surface area (Å²) < 4.78 is 6.60. The molecule has 0 amide bonds. The predicted molar refractivity (Wildman–Crippen MR) is 80.5 cm³/mol. The number of aromatic amines is 1. The summed E-state index contributed by atoms with van der Waals surface area (Å²) in [7, 11) is 0. The van der Waals surface area contributed by atoms with Crippen molar-refractivity contribution in [3.8, 4) is 0 Å². The molecule has 2 aromatic rings. The predicted octanol–water partition coefficient (Wildman–Crippen LogP) is 1.91. The van der Waals surface area contributed by atoms with Crippen molar-refractivity contribution >= 4 is 27.0 Å². The van der Waals surface area contributed by atoms with E-state index in [0.29, 0.717) is 12.6 Å². The Morgan fingerprint density at radius 2 is 2.40 bits per heavy atom. The number of H-pyrrole nitrogens is 1. The maximum Gasteiger partial charge on any atom is 0.121 e. The van der Waals surface area contributed by atoms with Gasteiger partial charge in [-0.15, -0.1) is 0 Å². The van der Waals surface area contributed by atoms with Crippen LogP contribution in [0.3, 0.4) is 0 Å². The van der Waals surface area contributed by atoms with Gasteiger partial charge in [-0.1, -0.05) is 15.9 Å². The molecule has 108 valence electrons. The lowest BCUT2D eigenvalue weighted by Gasteiger charge is -2.36. The smallest absolute Gasteiger partial charge is 0.121 e. The summed E-state index contributed by atoms with van der Waals surface area (Å²) in [5, 5.41) is 9.23. The number of ether oxygens (including phenoxy) is 1. The molecule has 20 heavy (non-hydrogen) atoms. The number of fused-ring (bicyclic) bond motifs is 1. The van der Waals surface area contributed by atoms with Gasteiger partial charge >= 0.3 is 0 Å². The largest absolute Gasteiger partial charge is 0.394 e. The van der Waals surface area contributed by atoms with Crippen LogP contribution in [-0.2, 0) is 11.3 Å². The molecule has 1 aromatic carbocycles. The third-order valence-corrected chi connectivity index (χ3v) is 4.18. The number of aliphatic hydroxyl groups excluding tert-OH is 1. The van der Waals surface area contributed by atoms with Crippen molar-refractivity contribution in [1.29, 1.82) is 0 Å². The summed E-state index contributed by atoms with van der Waals surface area (Å²) in [5.74, 6) is 0.948. The van der Waals surface area contributed by atoms with E-state index in [1.54, 1.807) is 0 Å². The molecule has 1 fully saturated rings. The first-order valence-electron chi connectivity index (χ1n) is 6.76. The summed E-state index contributed by atoms with van der Waals surface area (Å²) in [4.78, 5) is 10.3. The minimum absolute atomic E-state index is 0.0658. The molecule has 2 N–H and O–H groups in total. The van der Waals surface area contributed by atoms with Crippen molar-refractivity contribution in [2.45, 2.75) is 25.6 Å². The number of hydrogen-bond donors (Lipinski definition) is 2. The van der Waals surface area contributed by atoms with Crippen LogP contribution in [0.1, 0.15) is 12.7 Å². The van der Waals surface area contributed by atoms with E-state index in [-0.39, 0.29) is 12.7 Å². The van der Waals surface area contributed by atoms with Gasteiger partial charge in [0.15, 0.2) is 0 Å². The summed E-state index contributed by atoms with van der Waals surface area (Å²) in [6.07, 6.45) is -0.0928. The molecular weight excluding hydrogens is 322 g/mol. The van der Waals surface area contributed by atoms with Gasteiger partial charge in [0, 0.05) is 17.1 Å². The second-order valence-electron chi connectivity index (χ2n) is 5.26. The summed E-state index contributed by atoms with van der Waals surface area (Å²) in [5.41, 5.74) is 2.01. The van der Waals surface area contributed by atoms with Crippen LogP contribution >= 0.6 is 15.9 Å². The number of morpholine rings is 1. The third-order valence-electron chi connectivity index (χ3n) is 3.68. The summed E-state index contributed by atoms with van der Waals surface area (Å²) in [6, 6.07) is 6.35. The zero-order chi connectivity index (χ0) is 14.1. The lowest BCUT2D eigenvalue weighted by atomic mass is 10.2. The number of hydrogen-bond acceptors (Lipinski definition) is 4. The first-order chi connectivity index (χ1) is 9.65. The van der Waals surface area contributed by atoms with Gasteiger partial charge < -0.3 is 14.8 Å². The van der Waals surface area contributed by atoms with Crippen LogP contribution < -0.4 is 0 Å². The van der Waals surface area contributed by atoms with Crippen LogP contribution in [0.25, 0.3) is 11.0 Å². The normalized spacial score (nSPS) is 24.4. The standard InChI is InChI=1S/C14H18BrN3O2/c1-9-8-20-11(7-19)5-18(9)6-14-16-12-3-2-10(15)4-13(12)17-14/h2-4,9,11,19H,5-8H2,1H3,(H,16,17)/t9-,11+/m0/s1. The maximum absolute atomic E-state index is 9.23. The fourth-order valence-corrected chi connectivity index (χ4v) is 2.87. The van der Waals surface area contributed by atoms with Crippen LogP contribution in [0.4, 0.5) is 0 Å². The Kier molecular flexibility index (Phi) is 4.07. The maximum atomic E-state index is 9.23. The monoisotopic (exact) mass is 339 g/mol. The molecular formula is C14H18BrN3O2. The number of nitrogens with one attached hydrogen (secondary N) is 1. The lowest BCUT2D eigenvalue weighted by molar-refractivity contribution is -0.0811. The summed E-state index contributed by atoms with van der Waals surface area (Å²) >= 11 is 3.46. The van der Waals surface area contributed by atoms with Crippen molar-refractivity contribution < 1.29 is 9.84 Å². The lowest BCUT2D eigenvalue weighted by Crippen LogP contribution is -2.49. The first-order valence-corrected chi connectivity index (χ1v) is 7.55. The third kappa shape index (κ3) is 2.88. The zero-order valence-corrected chi connectivity index (χ0v) is 12.9. The van der Waals surface area contributed by atoms with Crippen molar-refractivity contribution in [3.05, 3.63) is 28.5 Å². The van der Waals surface area contributed by atoms with Crippen LogP contribution in [0, 0.1) is 0 Å². The minimum Gasteiger partial charge on any atom is -0.394 e. The average Bonchev–Trinajstić information content (AvgIpc) is 2.82. The molecule has 0 unspecified atom stereocenters. The Bertz CT molecular complexity index is 601. The molecule has 0 saturated carbocycles. The van der Waals surface area contributed by atoms with Crippen molar-refractivity contribution in [1.82, 2.24) is 14.9 Å². The molecule has 1 saturated heterocycles. The highest BCUT2D eigenvalue weighted by atomic mass is 79.9. The van der Waals surface area contributed by atoms with E-state index < -0.39 is 0 Å². The molecule has 6 heteroatoms. The summed E-state index contributed by atoms with van der Waals surface area (Å²) in [6.45, 7) is 4.33. The van der Waals surface area contributed by atoms with Crippen molar-refractivity contribution in [2.24, 2.45) is 0 Å². The highest BCUT2D eigenvalue weighted by Crippen LogP contribution is 2.20. The van der Waals surface area contributed by atoms with Gasteiger partial charge in [0.1, 0.15) is 5.82 Å². The van der Waals surface area contributed by atoms with Crippen molar-refractivity contribution in [3.63, 3.8) is 0 Å². The molecule has 0 radical (unpaired) electrons. The van der Waals surface area contributed by atoms with Gasteiger partial charge in [-0.2, -0.15) is 0 Å². The van der Waals surface area contributed by atoms with E-state index in [1.807, 2.05) is 18.2 Å². The fraction of sp³-hybridized carbons (Fsp3) is 0.500. The van der Waals surface area contributed by atoms with Gasteiger partial charge in [0.2, 0.25) is 0 Å². The molecule has 1 aliphatic rings. The Labute approximate surface area is 126 Å². The van der Waals surface area contributed by atoms with E-state index in [1.165, 1.54) is 0 Å². The number of halogens is 1. The second kappa shape index (κ2) is 5.81. The Morgan fingerprint density at radius 1 is 1.55 bits per heavy atom. The van der Waals surface area contributed by atoms with E-state index in [2.05, 4.69) is 37.7 Å². The molecule has 1 aliphatic heterocycles. The van der Waals surface area contributed by atoms with Gasteiger partial charge in [0.25, 0.3) is 0 Å². The Morgan fingerprint density at radius 3 is 3.20 bits per heavy atom. The SMILES string of the molecule is C[C@H]1CO[C@@H](CO)CN1Cc1nc2ccc(Br)cc2[nH]1. The van der Waals surface area contributed by atoms with E-state index in [4.69, 9.17) is 4.74 Å². The quantitative estimate of drug-likeness (QED) is 0.896. The van der Waals surface area contributed by atoms with Crippen LogP contribution in [0.5, 0.6) is 0 Å². The minimum atomic E-state index is -0.0928. The zero-order valence-electron chi connectivity index (χ0n) is 11.3. The number of rotatable bonds is 3. The highest BCUT2D eigenvalue weighted by molar-refractivity contribution is 9.10. The topological polar surface area (TPSA) is 61.4 Å². The molecule has 3 rings (SSSR count). The number of imidazole rings is 1. The van der Waals surface area contributed by atoms with Gasteiger partial charge in [-0.05, 0) is 25.1 Å².